The van der Waals surface area contributed by atoms with E-state index in [9.17, 15) is 14.4 Å². The number of rotatable bonds is 8. The summed E-state index contributed by atoms with van der Waals surface area (Å²) in [5.41, 5.74) is -0.431. The van der Waals surface area contributed by atoms with E-state index in [0.717, 1.165) is 6.42 Å². The van der Waals surface area contributed by atoms with Gasteiger partial charge in [0.2, 0.25) is 5.91 Å². The zero-order valence-electron chi connectivity index (χ0n) is 16.6. The molecule has 6 nitrogen and oxygen atoms in total. The standard InChI is InChI=1S/C21H24ClN3O3/c1-5-7-16(26)25(12-14-9-8-13(11-23)10-15(14)22)18-17(19(27)20(18)28)24-21(3,4)6-2/h8-10,24H,5-7,12H2,1-4H3. The number of halogens is 1. The van der Waals surface area contributed by atoms with E-state index in [1.807, 2.05) is 33.8 Å². The average Bonchev–Trinajstić information content (AvgIpc) is 2.67. The van der Waals surface area contributed by atoms with Crippen LogP contribution in [0.1, 0.15) is 58.1 Å². The molecule has 0 unspecified atom stereocenters. The third-order valence-electron chi connectivity index (χ3n) is 4.78. The summed E-state index contributed by atoms with van der Waals surface area (Å²) in [4.78, 5) is 38.6. The maximum Gasteiger partial charge on any atom is 0.253 e. The van der Waals surface area contributed by atoms with Crippen LogP contribution in [-0.4, -0.2) is 11.4 Å². The summed E-state index contributed by atoms with van der Waals surface area (Å²) in [5, 5.41) is 12.4. The number of amides is 1. The van der Waals surface area contributed by atoms with Crippen LogP contribution in [0.25, 0.3) is 0 Å². The van der Waals surface area contributed by atoms with Crippen molar-refractivity contribution in [3.05, 3.63) is 54.8 Å². The summed E-state index contributed by atoms with van der Waals surface area (Å²) in [6.07, 6.45) is 1.58. The quantitative estimate of drug-likeness (QED) is 0.680. The highest BCUT2D eigenvalue weighted by molar-refractivity contribution is 6.31. The lowest BCUT2D eigenvalue weighted by molar-refractivity contribution is -0.118. The van der Waals surface area contributed by atoms with Gasteiger partial charge in [-0.05, 0) is 44.4 Å². The van der Waals surface area contributed by atoms with Crippen LogP contribution in [0.3, 0.4) is 0 Å². The molecule has 0 radical (unpaired) electrons. The molecule has 0 saturated heterocycles. The van der Waals surface area contributed by atoms with Gasteiger partial charge in [-0.2, -0.15) is 5.26 Å². The number of anilines is 2. The Morgan fingerprint density at radius 2 is 1.93 bits per heavy atom. The molecule has 0 aliphatic rings. The largest absolute Gasteiger partial charge is 0.375 e. The molecule has 0 saturated carbocycles. The Hall–Kier alpha value is -2.65. The van der Waals surface area contributed by atoms with Gasteiger partial charge in [-0.1, -0.05) is 31.5 Å². The maximum absolute atomic E-state index is 12.8. The third kappa shape index (κ3) is 4.42. The fraction of sp³-hybridized carbons (Fsp3) is 0.429. The van der Waals surface area contributed by atoms with Crippen LogP contribution in [0.5, 0.6) is 0 Å². The first-order valence-electron chi connectivity index (χ1n) is 9.25. The summed E-state index contributed by atoms with van der Waals surface area (Å²) in [6, 6.07) is 6.78. The van der Waals surface area contributed by atoms with Crippen molar-refractivity contribution in [2.75, 3.05) is 10.2 Å². The Balaban J connectivity index is 2.48. The predicted molar refractivity (Wildman–Crippen MR) is 112 cm³/mol. The lowest BCUT2D eigenvalue weighted by Gasteiger charge is -2.31. The Morgan fingerprint density at radius 3 is 2.46 bits per heavy atom. The molecule has 2 aromatic rings. The van der Waals surface area contributed by atoms with E-state index in [0.29, 0.717) is 22.6 Å². The molecule has 0 heterocycles. The van der Waals surface area contributed by atoms with E-state index in [-0.39, 0.29) is 30.2 Å². The van der Waals surface area contributed by atoms with E-state index in [4.69, 9.17) is 16.9 Å². The number of hydrogen-bond donors (Lipinski definition) is 1. The first-order chi connectivity index (χ1) is 13.1. The van der Waals surface area contributed by atoms with Gasteiger partial charge in [0.15, 0.2) is 0 Å². The summed E-state index contributed by atoms with van der Waals surface area (Å²) >= 11 is 6.26. The molecule has 0 bridgehead atoms. The van der Waals surface area contributed by atoms with Gasteiger partial charge < -0.3 is 10.2 Å². The molecular formula is C21H24ClN3O3. The maximum atomic E-state index is 12.8. The van der Waals surface area contributed by atoms with Crippen LogP contribution in [0, 0.1) is 11.3 Å². The molecule has 0 aromatic heterocycles. The van der Waals surface area contributed by atoms with Crippen LogP contribution in [0.15, 0.2) is 27.8 Å². The number of carbonyl (C=O) groups excluding carboxylic acids is 1. The molecule has 0 atom stereocenters. The van der Waals surface area contributed by atoms with Crippen LogP contribution < -0.4 is 21.1 Å². The molecule has 2 aromatic carbocycles. The van der Waals surface area contributed by atoms with Crippen molar-refractivity contribution < 1.29 is 4.79 Å². The highest BCUT2D eigenvalue weighted by atomic mass is 35.5. The molecule has 28 heavy (non-hydrogen) atoms. The molecular weight excluding hydrogens is 378 g/mol. The second-order valence-corrected chi connectivity index (χ2v) is 7.80. The Labute approximate surface area is 169 Å². The number of nitriles is 1. The zero-order chi connectivity index (χ0) is 21.1. The van der Waals surface area contributed by atoms with Gasteiger partial charge in [0.05, 0.1) is 18.2 Å². The van der Waals surface area contributed by atoms with Crippen LogP contribution in [0.4, 0.5) is 11.4 Å². The van der Waals surface area contributed by atoms with Crippen molar-refractivity contribution in [1.82, 2.24) is 0 Å². The molecule has 148 valence electrons. The van der Waals surface area contributed by atoms with Crippen molar-refractivity contribution in [1.29, 1.82) is 5.26 Å². The van der Waals surface area contributed by atoms with Crippen molar-refractivity contribution in [2.45, 2.75) is 59.0 Å². The van der Waals surface area contributed by atoms with E-state index in [1.54, 1.807) is 12.1 Å². The molecule has 1 N–H and O–H groups in total. The van der Waals surface area contributed by atoms with E-state index >= 15 is 0 Å². The van der Waals surface area contributed by atoms with Gasteiger partial charge in [-0.3, -0.25) is 14.4 Å². The number of nitrogens with zero attached hydrogens (tertiary/aromatic N) is 2. The summed E-state index contributed by atoms with van der Waals surface area (Å²) in [7, 11) is 0. The lowest BCUT2D eigenvalue weighted by Crippen LogP contribution is -2.47. The molecule has 0 spiro atoms. The van der Waals surface area contributed by atoms with E-state index in [1.165, 1.54) is 11.0 Å². The first kappa shape index (κ1) is 21.6. The topological polar surface area (TPSA) is 90.3 Å². The fourth-order valence-corrected chi connectivity index (χ4v) is 2.98. The summed E-state index contributed by atoms with van der Waals surface area (Å²) in [5.74, 6) is -0.257. The fourth-order valence-electron chi connectivity index (χ4n) is 2.74. The van der Waals surface area contributed by atoms with Crippen LogP contribution in [-0.2, 0) is 11.3 Å². The first-order valence-corrected chi connectivity index (χ1v) is 9.63. The number of carbonyl (C=O) groups is 1. The highest BCUT2D eigenvalue weighted by Gasteiger charge is 2.32. The zero-order valence-corrected chi connectivity index (χ0v) is 17.3. The predicted octanol–water partition coefficient (Wildman–Crippen LogP) is 3.74. The minimum atomic E-state index is -0.677. The van der Waals surface area contributed by atoms with E-state index in [2.05, 4.69) is 5.32 Å². The SMILES string of the molecule is CCCC(=O)N(Cc1ccc(C#N)cc1Cl)c1c(NC(C)(C)CC)c(=O)c1=O. The summed E-state index contributed by atoms with van der Waals surface area (Å²) in [6.45, 7) is 7.73. The Morgan fingerprint density at radius 1 is 1.25 bits per heavy atom. The van der Waals surface area contributed by atoms with Gasteiger partial charge in [0.1, 0.15) is 11.4 Å². The molecule has 0 aliphatic heterocycles. The van der Waals surface area contributed by atoms with Gasteiger partial charge in [-0.25, -0.2) is 0 Å². The Kier molecular flexibility index (Phi) is 6.63. The molecule has 7 heteroatoms. The molecule has 0 aliphatic carbocycles. The highest BCUT2D eigenvalue weighted by Crippen LogP contribution is 2.29. The minimum absolute atomic E-state index is 0.0511. The second-order valence-electron chi connectivity index (χ2n) is 7.39. The van der Waals surface area contributed by atoms with Gasteiger partial charge >= 0.3 is 0 Å². The molecule has 2 rings (SSSR count). The summed E-state index contributed by atoms with van der Waals surface area (Å²) < 4.78 is 0. The van der Waals surface area contributed by atoms with Crippen molar-refractivity contribution in [3.8, 4) is 6.07 Å². The molecule has 1 amide bonds. The lowest BCUT2D eigenvalue weighted by atomic mass is 9.99. The second kappa shape index (κ2) is 8.57. The van der Waals surface area contributed by atoms with Crippen molar-refractivity contribution in [3.63, 3.8) is 0 Å². The normalized spacial score (nSPS) is 11.3. The van der Waals surface area contributed by atoms with Crippen LogP contribution in [0.2, 0.25) is 5.02 Å². The van der Waals surface area contributed by atoms with Crippen LogP contribution >= 0.6 is 11.6 Å². The minimum Gasteiger partial charge on any atom is -0.375 e. The van der Waals surface area contributed by atoms with Crippen molar-refractivity contribution in [2.24, 2.45) is 0 Å². The van der Waals surface area contributed by atoms with Gasteiger partial charge in [0, 0.05) is 17.0 Å². The Bertz CT molecular complexity index is 997. The van der Waals surface area contributed by atoms with Gasteiger partial charge in [0.25, 0.3) is 10.9 Å². The van der Waals surface area contributed by atoms with E-state index < -0.39 is 16.4 Å². The average molecular weight is 402 g/mol. The number of nitrogens with one attached hydrogen (secondary N) is 1. The smallest absolute Gasteiger partial charge is 0.253 e. The monoisotopic (exact) mass is 401 g/mol. The van der Waals surface area contributed by atoms with Crippen molar-refractivity contribution >= 4 is 28.9 Å². The third-order valence-corrected chi connectivity index (χ3v) is 5.13. The number of hydrogen-bond acceptors (Lipinski definition) is 5. The molecule has 0 fully saturated rings. The van der Waals surface area contributed by atoms with Gasteiger partial charge in [-0.15, -0.1) is 0 Å². The number of benzene rings is 1.